The van der Waals surface area contributed by atoms with Crippen molar-refractivity contribution in [2.45, 2.75) is 57.0 Å². The monoisotopic (exact) mass is 452 g/mol. The van der Waals surface area contributed by atoms with E-state index in [9.17, 15) is 13.6 Å². The van der Waals surface area contributed by atoms with Crippen molar-refractivity contribution in [1.29, 1.82) is 0 Å². The van der Waals surface area contributed by atoms with E-state index < -0.39 is 5.92 Å². The minimum absolute atomic E-state index is 0.0185. The Hall–Kier alpha value is -3.07. The molecule has 2 atom stereocenters. The van der Waals surface area contributed by atoms with Gasteiger partial charge in [-0.3, -0.25) is 4.79 Å². The minimum Gasteiger partial charge on any atom is -0.497 e. The van der Waals surface area contributed by atoms with Gasteiger partial charge >= 0.3 is 0 Å². The molecule has 0 aliphatic carbocycles. The zero-order valence-corrected chi connectivity index (χ0v) is 19.2. The molecule has 0 unspecified atom stereocenters. The van der Waals surface area contributed by atoms with Gasteiger partial charge in [0.15, 0.2) is 0 Å². The van der Waals surface area contributed by atoms with Crippen LogP contribution in [0.15, 0.2) is 42.5 Å². The van der Waals surface area contributed by atoms with Crippen LogP contribution in [0.3, 0.4) is 0 Å². The van der Waals surface area contributed by atoms with Crippen LogP contribution in [0.5, 0.6) is 5.75 Å². The number of ether oxygens (including phenoxy) is 1. The van der Waals surface area contributed by atoms with E-state index in [-0.39, 0.29) is 31.0 Å². The Morgan fingerprint density at radius 3 is 2.61 bits per heavy atom. The Balaban J connectivity index is 1.74. The van der Waals surface area contributed by atoms with Crippen molar-refractivity contribution in [3.05, 3.63) is 59.2 Å². The molecule has 4 nitrogen and oxygen atoms in total. The molecule has 2 aliphatic heterocycles. The van der Waals surface area contributed by atoms with Crippen LogP contribution in [0.25, 0.3) is 0 Å². The molecule has 0 spiro atoms. The summed E-state index contributed by atoms with van der Waals surface area (Å²) in [6, 6.07) is 13.2. The van der Waals surface area contributed by atoms with Crippen LogP contribution in [0, 0.1) is 12.3 Å². The highest BCUT2D eigenvalue weighted by Gasteiger charge is 2.39. The number of halogens is 2. The molecule has 2 heterocycles. The van der Waals surface area contributed by atoms with Crippen LogP contribution in [0.1, 0.15) is 55.3 Å². The number of benzene rings is 2. The topological polar surface area (TPSA) is 32.8 Å². The quantitative estimate of drug-likeness (QED) is 0.565. The zero-order valence-electron chi connectivity index (χ0n) is 19.2. The second kappa shape index (κ2) is 9.43. The van der Waals surface area contributed by atoms with E-state index in [0.717, 1.165) is 53.8 Å². The van der Waals surface area contributed by atoms with Gasteiger partial charge in [-0.25, -0.2) is 8.78 Å². The Morgan fingerprint density at radius 1 is 1.24 bits per heavy atom. The van der Waals surface area contributed by atoms with Gasteiger partial charge in [0.05, 0.1) is 19.7 Å². The van der Waals surface area contributed by atoms with Crippen molar-refractivity contribution >= 4 is 11.6 Å². The molecule has 0 N–H and O–H groups in total. The molecule has 1 fully saturated rings. The highest BCUT2D eigenvalue weighted by atomic mass is 19.3. The fourth-order valence-corrected chi connectivity index (χ4v) is 5.07. The smallest absolute Gasteiger partial charge is 0.299 e. The lowest BCUT2D eigenvalue weighted by Gasteiger charge is -2.43. The van der Waals surface area contributed by atoms with E-state index >= 15 is 0 Å². The number of carbonyl (C=O) groups excluding carboxylic acids is 1. The number of terminal acetylenes is 1. The summed E-state index contributed by atoms with van der Waals surface area (Å²) < 4.78 is 32.8. The molecule has 6 heteroatoms. The predicted octanol–water partition coefficient (Wildman–Crippen LogP) is 5.21. The van der Waals surface area contributed by atoms with Gasteiger partial charge in [0.2, 0.25) is 0 Å². The molecule has 1 amide bonds. The maximum Gasteiger partial charge on any atom is 0.299 e. The van der Waals surface area contributed by atoms with Crippen LogP contribution in [0.4, 0.5) is 14.5 Å². The fraction of sp³-hybridized carbons (Fsp3) is 0.444. The molecule has 1 saturated heterocycles. The Labute approximate surface area is 194 Å². The van der Waals surface area contributed by atoms with E-state index in [1.165, 1.54) is 0 Å². The zero-order chi connectivity index (χ0) is 23.6. The SMILES string of the molecule is C#CC(=O)N1[C@@H](CCCC)Cc2cc(OC)ccc2[C@@H]1c1ccc(N2CCC(F)(F)C2)cc1. The molecule has 2 aromatic rings. The average molecular weight is 453 g/mol. The van der Waals surface area contributed by atoms with Gasteiger partial charge in [0.25, 0.3) is 11.8 Å². The summed E-state index contributed by atoms with van der Waals surface area (Å²) in [7, 11) is 1.64. The third kappa shape index (κ3) is 4.68. The van der Waals surface area contributed by atoms with E-state index in [1.54, 1.807) is 12.0 Å². The van der Waals surface area contributed by atoms with Crippen molar-refractivity contribution < 1.29 is 18.3 Å². The molecule has 2 aliphatic rings. The van der Waals surface area contributed by atoms with E-state index in [0.29, 0.717) is 6.54 Å². The van der Waals surface area contributed by atoms with Gasteiger partial charge in [-0.1, -0.05) is 38.0 Å². The first-order valence-corrected chi connectivity index (χ1v) is 11.6. The van der Waals surface area contributed by atoms with Gasteiger partial charge < -0.3 is 14.5 Å². The average Bonchev–Trinajstić information content (AvgIpc) is 3.20. The molecule has 0 bridgehead atoms. The third-order valence-electron chi connectivity index (χ3n) is 6.76. The number of unbranched alkanes of at least 4 members (excludes halogenated alkanes) is 1. The number of fused-ring (bicyclic) bond motifs is 1. The Bertz CT molecular complexity index is 1050. The largest absolute Gasteiger partial charge is 0.497 e. The molecule has 33 heavy (non-hydrogen) atoms. The van der Waals surface area contributed by atoms with Gasteiger partial charge in [0.1, 0.15) is 5.75 Å². The number of carbonyl (C=O) groups is 1. The fourth-order valence-electron chi connectivity index (χ4n) is 5.07. The lowest BCUT2D eigenvalue weighted by molar-refractivity contribution is -0.130. The van der Waals surface area contributed by atoms with Crippen molar-refractivity contribution in [2.24, 2.45) is 0 Å². The van der Waals surface area contributed by atoms with E-state index in [1.807, 2.05) is 47.4 Å². The molecule has 174 valence electrons. The number of methoxy groups -OCH3 is 1. The summed E-state index contributed by atoms with van der Waals surface area (Å²) in [6.45, 7) is 2.20. The number of anilines is 1. The minimum atomic E-state index is -2.65. The van der Waals surface area contributed by atoms with Crippen LogP contribution in [-0.2, 0) is 11.2 Å². The molecule has 0 radical (unpaired) electrons. The van der Waals surface area contributed by atoms with Crippen molar-refractivity contribution in [3.8, 4) is 18.1 Å². The molecule has 2 aromatic carbocycles. The number of hydrogen-bond donors (Lipinski definition) is 0. The molecule has 0 aromatic heterocycles. The molecular weight excluding hydrogens is 422 g/mol. The van der Waals surface area contributed by atoms with Gasteiger partial charge in [0, 0.05) is 24.7 Å². The number of nitrogens with zero attached hydrogens (tertiary/aromatic N) is 2. The van der Waals surface area contributed by atoms with Crippen molar-refractivity contribution in [1.82, 2.24) is 4.90 Å². The van der Waals surface area contributed by atoms with Gasteiger partial charge in [-0.15, -0.1) is 6.42 Å². The number of hydrogen-bond acceptors (Lipinski definition) is 3. The van der Waals surface area contributed by atoms with Crippen molar-refractivity contribution in [3.63, 3.8) is 0 Å². The number of rotatable bonds is 6. The summed E-state index contributed by atoms with van der Waals surface area (Å²) in [5, 5.41) is 0. The summed E-state index contributed by atoms with van der Waals surface area (Å²) in [5.41, 5.74) is 3.84. The first-order chi connectivity index (χ1) is 15.9. The van der Waals surface area contributed by atoms with Gasteiger partial charge in [-0.2, -0.15) is 0 Å². The maximum atomic E-state index is 13.7. The highest BCUT2D eigenvalue weighted by molar-refractivity contribution is 5.94. The Kier molecular flexibility index (Phi) is 6.60. The van der Waals surface area contributed by atoms with E-state index in [2.05, 4.69) is 12.8 Å². The second-order valence-electron chi connectivity index (χ2n) is 8.94. The van der Waals surface area contributed by atoms with Crippen LogP contribution >= 0.6 is 0 Å². The van der Waals surface area contributed by atoms with Crippen LogP contribution < -0.4 is 9.64 Å². The summed E-state index contributed by atoms with van der Waals surface area (Å²) in [6.07, 6.45) is 9.06. The van der Waals surface area contributed by atoms with Crippen molar-refractivity contribution in [2.75, 3.05) is 25.1 Å². The predicted molar refractivity (Wildman–Crippen MR) is 126 cm³/mol. The maximum absolute atomic E-state index is 13.7. The summed E-state index contributed by atoms with van der Waals surface area (Å²) in [4.78, 5) is 16.5. The lowest BCUT2D eigenvalue weighted by atomic mass is 9.83. The summed E-state index contributed by atoms with van der Waals surface area (Å²) >= 11 is 0. The first kappa shape index (κ1) is 23.1. The molecule has 4 rings (SSSR count). The lowest BCUT2D eigenvalue weighted by Crippen LogP contribution is -2.47. The van der Waals surface area contributed by atoms with E-state index in [4.69, 9.17) is 11.2 Å². The molecule has 0 saturated carbocycles. The number of alkyl halides is 2. The van der Waals surface area contributed by atoms with Crippen LogP contribution in [-0.4, -0.2) is 43.0 Å². The summed E-state index contributed by atoms with van der Waals surface area (Å²) in [5.74, 6) is 0.133. The highest BCUT2D eigenvalue weighted by Crippen LogP contribution is 2.41. The number of amides is 1. The molecular formula is C27H30F2N2O2. The van der Waals surface area contributed by atoms with Crippen LogP contribution in [0.2, 0.25) is 0 Å². The second-order valence-corrected chi connectivity index (χ2v) is 8.94. The third-order valence-corrected chi connectivity index (χ3v) is 6.76. The first-order valence-electron chi connectivity index (χ1n) is 11.6. The standard InChI is InChI=1S/C27H30F2N2O2/c1-4-6-7-22-16-20-17-23(33-3)12-13-24(20)26(31(22)25(32)5-2)19-8-10-21(11-9-19)30-15-14-27(28,29)18-30/h2,8-13,17,22,26H,4,6-7,14-16,18H2,1,3H3/t22-,26-/m0/s1. The van der Waals surface area contributed by atoms with Gasteiger partial charge in [-0.05, 0) is 59.7 Å². The Morgan fingerprint density at radius 2 is 2.00 bits per heavy atom. The normalized spacial score (nSPS) is 21.4.